The van der Waals surface area contributed by atoms with E-state index in [0.29, 0.717) is 0 Å². The van der Waals surface area contributed by atoms with Crippen molar-refractivity contribution in [1.82, 2.24) is 5.32 Å². The summed E-state index contributed by atoms with van der Waals surface area (Å²) in [7, 11) is 0. The van der Waals surface area contributed by atoms with Crippen LogP contribution in [0, 0.1) is 17.8 Å². The minimum Gasteiger partial charge on any atom is -0.460 e. The minimum atomic E-state index is -1.89. The molecule has 0 saturated heterocycles. The maximum Gasteiger partial charge on any atom is 0.408 e. The van der Waals surface area contributed by atoms with Crippen LogP contribution in [0.4, 0.5) is 4.79 Å². The number of ether oxygens (including phenoxy) is 3. The van der Waals surface area contributed by atoms with E-state index >= 15 is 0 Å². The SMILES string of the molecule is C=C1C(=O)[C@H]2[C@H](C(=O)OC(C)(C)C)[C@H]2[C@]1(NC(=O)OC(C)(C)C)C(=O)OC(C)(C)C. The molecule has 4 atom stereocenters. The zero-order valence-electron chi connectivity index (χ0n) is 19.3. The molecule has 2 saturated carbocycles. The molecule has 8 heteroatoms. The molecule has 0 aromatic rings. The highest BCUT2D eigenvalue weighted by atomic mass is 16.6. The van der Waals surface area contributed by atoms with Crippen LogP contribution in [0.1, 0.15) is 62.3 Å². The lowest BCUT2D eigenvalue weighted by Crippen LogP contribution is -2.60. The summed E-state index contributed by atoms with van der Waals surface area (Å²) in [5, 5.41) is 2.53. The summed E-state index contributed by atoms with van der Waals surface area (Å²) in [5.41, 5.74) is -4.49. The maximum atomic E-state index is 13.3. The molecule has 8 nitrogen and oxygen atoms in total. The fraction of sp³-hybridized carbons (Fsp3) is 0.727. The standard InChI is InChI=1S/C22H33NO7/c1-11-15(24)12-13(16(25)28-19(2,3)4)14(12)22(11,17(26)29-20(5,6)7)23-18(27)30-21(8,9)10/h12-14H,1H2,2-10H3,(H,23,27)/t12-,13-,14-,22-/m0/s1. The number of esters is 2. The number of alkyl carbamates (subject to hydrolysis) is 1. The van der Waals surface area contributed by atoms with Crippen molar-refractivity contribution in [3.05, 3.63) is 12.2 Å². The summed E-state index contributed by atoms with van der Waals surface area (Å²) >= 11 is 0. The third-order valence-electron chi connectivity index (χ3n) is 4.69. The number of carbonyl (C=O) groups is 4. The molecule has 1 N–H and O–H groups in total. The molecule has 2 fully saturated rings. The molecule has 0 aromatic heterocycles. The Bertz CT molecular complexity index is 794. The Morgan fingerprint density at radius 3 is 1.77 bits per heavy atom. The molecular formula is C22H33NO7. The molecule has 0 heterocycles. The fourth-order valence-corrected chi connectivity index (χ4v) is 3.73. The van der Waals surface area contributed by atoms with Crippen molar-refractivity contribution in [3.63, 3.8) is 0 Å². The van der Waals surface area contributed by atoms with E-state index < -0.39 is 63.9 Å². The summed E-state index contributed by atoms with van der Waals surface area (Å²) in [4.78, 5) is 51.4. The van der Waals surface area contributed by atoms with Crippen molar-refractivity contribution in [2.24, 2.45) is 17.8 Å². The largest absolute Gasteiger partial charge is 0.460 e. The Kier molecular flexibility index (Phi) is 5.65. The fourth-order valence-electron chi connectivity index (χ4n) is 3.73. The predicted molar refractivity (Wildman–Crippen MR) is 108 cm³/mol. The van der Waals surface area contributed by atoms with Gasteiger partial charge in [-0.15, -0.1) is 0 Å². The summed E-state index contributed by atoms with van der Waals surface area (Å²) in [6.45, 7) is 18.9. The Balaban J connectivity index is 2.45. The zero-order chi connectivity index (χ0) is 23.4. The number of amides is 1. The molecule has 0 aliphatic heterocycles. The molecule has 2 aliphatic rings. The average Bonchev–Trinajstić information content (AvgIpc) is 3.16. The minimum absolute atomic E-state index is 0.114. The smallest absolute Gasteiger partial charge is 0.408 e. The van der Waals surface area contributed by atoms with Gasteiger partial charge in [-0.25, -0.2) is 9.59 Å². The third-order valence-corrected chi connectivity index (χ3v) is 4.69. The van der Waals surface area contributed by atoms with Crippen LogP contribution in [0.5, 0.6) is 0 Å². The second-order valence-electron chi connectivity index (χ2n) is 10.9. The van der Waals surface area contributed by atoms with Gasteiger partial charge in [-0.3, -0.25) is 9.59 Å². The first-order valence-electron chi connectivity index (χ1n) is 10.0. The highest BCUT2D eigenvalue weighted by molar-refractivity contribution is 6.16. The van der Waals surface area contributed by atoms with E-state index in [1.54, 1.807) is 62.3 Å². The molecule has 0 unspecified atom stereocenters. The lowest BCUT2D eigenvalue weighted by molar-refractivity contribution is -0.163. The predicted octanol–water partition coefficient (Wildman–Crippen LogP) is 2.93. The van der Waals surface area contributed by atoms with E-state index in [9.17, 15) is 19.2 Å². The molecular weight excluding hydrogens is 390 g/mol. The van der Waals surface area contributed by atoms with Crippen molar-refractivity contribution in [1.29, 1.82) is 0 Å². The van der Waals surface area contributed by atoms with Crippen molar-refractivity contribution in [3.8, 4) is 0 Å². The van der Waals surface area contributed by atoms with Gasteiger partial charge in [0, 0.05) is 17.4 Å². The lowest BCUT2D eigenvalue weighted by Gasteiger charge is -2.35. The van der Waals surface area contributed by atoms with Gasteiger partial charge >= 0.3 is 18.0 Å². The van der Waals surface area contributed by atoms with E-state index in [2.05, 4.69) is 11.9 Å². The van der Waals surface area contributed by atoms with Crippen molar-refractivity contribution >= 4 is 23.8 Å². The van der Waals surface area contributed by atoms with Gasteiger partial charge in [0.25, 0.3) is 0 Å². The maximum absolute atomic E-state index is 13.3. The van der Waals surface area contributed by atoms with Gasteiger partial charge in [-0.2, -0.15) is 0 Å². The normalized spacial score (nSPS) is 28.5. The van der Waals surface area contributed by atoms with E-state index in [-0.39, 0.29) is 5.57 Å². The summed E-state index contributed by atoms with van der Waals surface area (Å²) in [6.07, 6.45) is -0.905. The van der Waals surface area contributed by atoms with E-state index in [1.165, 1.54) is 0 Å². The van der Waals surface area contributed by atoms with Crippen LogP contribution < -0.4 is 5.32 Å². The topological polar surface area (TPSA) is 108 Å². The highest BCUT2D eigenvalue weighted by Crippen LogP contribution is 2.63. The van der Waals surface area contributed by atoms with Gasteiger partial charge in [0.2, 0.25) is 0 Å². The number of ketones is 1. The number of carbonyl (C=O) groups excluding carboxylic acids is 4. The van der Waals surface area contributed by atoms with Crippen LogP contribution in [-0.2, 0) is 28.6 Å². The summed E-state index contributed by atoms with van der Waals surface area (Å²) < 4.78 is 16.3. The number of fused-ring (bicyclic) bond motifs is 1. The highest BCUT2D eigenvalue weighted by Gasteiger charge is 2.79. The number of hydrogen-bond donors (Lipinski definition) is 1. The molecule has 1 amide bonds. The number of Topliss-reactive ketones (excluding diaryl/α,β-unsaturated/α-hetero) is 1. The Morgan fingerprint density at radius 2 is 1.33 bits per heavy atom. The number of hydrogen-bond acceptors (Lipinski definition) is 7. The molecule has 30 heavy (non-hydrogen) atoms. The van der Waals surface area contributed by atoms with Crippen LogP contribution in [-0.4, -0.2) is 46.2 Å². The van der Waals surface area contributed by atoms with Crippen LogP contribution in [0.15, 0.2) is 12.2 Å². The Labute approximate surface area is 177 Å². The molecule has 0 radical (unpaired) electrons. The first-order chi connectivity index (χ1) is 13.3. The first kappa shape index (κ1) is 23.9. The number of rotatable bonds is 3. The van der Waals surface area contributed by atoms with Crippen molar-refractivity contribution < 1.29 is 33.4 Å². The molecule has 0 bridgehead atoms. The van der Waals surface area contributed by atoms with Gasteiger partial charge in [-0.1, -0.05) is 6.58 Å². The number of nitrogens with one attached hydrogen (secondary N) is 1. The van der Waals surface area contributed by atoms with E-state index in [0.717, 1.165) is 0 Å². The van der Waals surface area contributed by atoms with Crippen LogP contribution in [0.25, 0.3) is 0 Å². The third kappa shape index (κ3) is 4.68. The van der Waals surface area contributed by atoms with Gasteiger partial charge in [0.1, 0.15) is 16.8 Å². The van der Waals surface area contributed by atoms with Crippen molar-refractivity contribution in [2.45, 2.75) is 84.7 Å². The van der Waals surface area contributed by atoms with Gasteiger partial charge in [0.05, 0.1) is 5.92 Å². The van der Waals surface area contributed by atoms with Crippen molar-refractivity contribution in [2.75, 3.05) is 0 Å². The molecule has 0 aromatic carbocycles. The second-order valence-corrected chi connectivity index (χ2v) is 10.9. The molecule has 0 spiro atoms. The van der Waals surface area contributed by atoms with Crippen LogP contribution in [0.2, 0.25) is 0 Å². The van der Waals surface area contributed by atoms with Gasteiger partial charge < -0.3 is 19.5 Å². The van der Waals surface area contributed by atoms with Gasteiger partial charge in [-0.05, 0) is 62.3 Å². The monoisotopic (exact) mass is 423 g/mol. The van der Waals surface area contributed by atoms with E-state index in [4.69, 9.17) is 14.2 Å². The first-order valence-corrected chi connectivity index (χ1v) is 10.0. The molecule has 168 valence electrons. The van der Waals surface area contributed by atoms with Crippen LogP contribution >= 0.6 is 0 Å². The van der Waals surface area contributed by atoms with E-state index in [1.807, 2.05) is 0 Å². The zero-order valence-corrected chi connectivity index (χ0v) is 19.3. The molecule has 2 aliphatic carbocycles. The lowest BCUT2D eigenvalue weighted by atomic mass is 9.85. The average molecular weight is 424 g/mol. The quantitative estimate of drug-likeness (QED) is 0.422. The summed E-state index contributed by atoms with van der Waals surface area (Å²) in [5.74, 6) is -4.41. The Morgan fingerprint density at radius 1 is 0.867 bits per heavy atom. The summed E-state index contributed by atoms with van der Waals surface area (Å²) in [6, 6.07) is 0. The van der Waals surface area contributed by atoms with Gasteiger partial charge in [0.15, 0.2) is 11.3 Å². The second kappa shape index (κ2) is 7.10. The Hall–Kier alpha value is -2.38. The molecule has 2 rings (SSSR count). The van der Waals surface area contributed by atoms with Crippen LogP contribution in [0.3, 0.4) is 0 Å².